The number of aliphatic carboxylic acids is 1. The van der Waals surface area contributed by atoms with Gasteiger partial charge in [-0.25, -0.2) is 13.6 Å². The molecule has 9 heteroatoms. The average Bonchev–Trinajstić information content (AvgIpc) is 2.95. The monoisotopic (exact) mass is 367 g/mol. The highest BCUT2D eigenvalue weighted by Crippen LogP contribution is 2.27. The zero-order valence-electron chi connectivity index (χ0n) is 14.0. The third-order valence-electron chi connectivity index (χ3n) is 4.77. The van der Waals surface area contributed by atoms with Gasteiger partial charge in [-0.2, -0.15) is 0 Å². The lowest BCUT2D eigenvalue weighted by molar-refractivity contribution is -0.143. The van der Waals surface area contributed by atoms with Crippen LogP contribution in [0.4, 0.5) is 19.3 Å². The molecule has 0 spiro atoms. The molecule has 0 aliphatic carbocycles. The SMILES string of the molecule is O=C(O)C1CCCN(C(=O)NC2CCN(c3c(F)cccc3F)C2=O)C1. The van der Waals surface area contributed by atoms with Crippen LogP contribution in [-0.4, -0.2) is 53.6 Å². The van der Waals surface area contributed by atoms with Gasteiger partial charge in [0.25, 0.3) is 0 Å². The highest BCUT2D eigenvalue weighted by Gasteiger charge is 2.37. The second-order valence-electron chi connectivity index (χ2n) is 6.47. The highest BCUT2D eigenvalue weighted by atomic mass is 19.1. The number of carbonyl (C=O) groups is 3. The van der Waals surface area contributed by atoms with Gasteiger partial charge in [0.05, 0.1) is 5.92 Å². The van der Waals surface area contributed by atoms with Crippen molar-refractivity contribution in [1.82, 2.24) is 10.2 Å². The molecule has 140 valence electrons. The minimum atomic E-state index is -0.958. The van der Waals surface area contributed by atoms with E-state index in [1.165, 1.54) is 11.0 Å². The number of carboxylic acids is 1. The number of hydrogen-bond acceptors (Lipinski definition) is 3. The van der Waals surface area contributed by atoms with E-state index in [-0.39, 0.29) is 19.5 Å². The van der Waals surface area contributed by atoms with Crippen LogP contribution in [-0.2, 0) is 9.59 Å². The summed E-state index contributed by atoms with van der Waals surface area (Å²) in [5.41, 5.74) is -0.418. The number of likely N-dealkylation sites (tertiary alicyclic amines) is 1. The number of benzene rings is 1. The molecular weight excluding hydrogens is 348 g/mol. The maximum absolute atomic E-state index is 13.9. The number of rotatable bonds is 3. The molecule has 2 N–H and O–H groups in total. The van der Waals surface area contributed by atoms with E-state index in [0.717, 1.165) is 17.0 Å². The van der Waals surface area contributed by atoms with Gasteiger partial charge in [0.2, 0.25) is 5.91 Å². The first-order valence-corrected chi connectivity index (χ1v) is 8.42. The molecule has 0 radical (unpaired) electrons. The summed E-state index contributed by atoms with van der Waals surface area (Å²) in [6, 6.07) is 1.91. The molecule has 2 fully saturated rings. The molecule has 0 saturated carbocycles. The molecule has 2 unspecified atom stereocenters. The van der Waals surface area contributed by atoms with E-state index in [9.17, 15) is 23.2 Å². The van der Waals surface area contributed by atoms with Gasteiger partial charge < -0.3 is 20.2 Å². The van der Waals surface area contributed by atoms with Crippen LogP contribution in [0.1, 0.15) is 19.3 Å². The molecule has 2 heterocycles. The van der Waals surface area contributed by atoms with Crippen molar-refractivity contribution in [3.63, 3.8) is 0 Å². The minimum Gasteiger partial charge on any atom is -0.481 e. The first-order chi connectivity index (χ1) is 12.4. The van der Waals surface area contributed by atoms with Crippen LogP contribution in [0, 0.1) is 17.6 Å². The van der Waals surface area contributed by atoms with E-state index in [2.05, 4.69) is 5.32 Å². The maximum Gasteiger partial charge on any atom is 0.318 e. The second-order valence-corrected chi connectivity index (χ2v) is 6.47. The molecule has 0 aromatic heterocycles. The number of urea groups is 1. The van der Waals surface area contributed by atoms with E-state index in [4.69, 9.17) is 5.11 Å². The zero-order chi connectivity index (χ0) is 18.8. The average molecular weight is 367 g/mol. The van der Waals surface area contributed by atoms with Crippen molar-refractivity contribution < 1.29 is 28.3 Å². The fraction of sp³-hybridized carbons (Fsp3) is 0.471. The Morgan fingerprint density at radius 2 is 1.85 bits per heavy atom. The molecule has 26 heavy (non-hydrogen) atoms. The molecular formula is C17H19F2N3O4. The minimum absolute atomic E-state index is 0.0771. The summed E-state index contributed by atoms with van der Waals surface area (Å²) in [5, 5.41) is 11.6. The maximum atomic E-state index is 13.9. The molecule has 7 nitrogen and oxygen atoms in total. The van der Waals surface area contributed by atoms with Gasteiger partial charge in [0.1, 0.15) is 23.4 Å². The fourth-order valence-corrected chi connectivity index (χ4v) is 3.39. The predicted molar refractivity (Wildman–Crippen MR) is 87.6 cm³/mol. The first kappa shape index (κ1) is 18.1. The molecule has 2 aliphatic rings. The van der Waals surface area contributed by atoms with Crippen LogP contribution < -0.4 is 10.2 Å². The molecule has 0 bridgehead atoms. The van der Waals surface area contributed by atoms with Crippen molar-refractivity contribution in [2.24, 2.45) is 5.92 Å². The standard InChI is InChI=1S/C17H19F2N3O4/c18-11-4-1-5-12(19)14(11)22-8-6-13(15(22)23)20-17(26)21-7-2-3-10(9-21)16(24)25/h1,4-5,10,13H,2-3,6-9H2,(H,20,26)(H,24,25). The molecule has 1 aromatic rings. The summed E-state index contributed by atoms with van der Waals surface area (Å²) in [6.45, 7) is 0.565. The van der Waals surface area contributed by atoms with Gasteiger partial charge in [0.15, 0.2) is 0 Å². The highest BCUT2D eigenvalue weighted by molar-refractivity contribution is 6.01. The smallest absolute Gasteiger partial charge is 0.318 e. The Morgan fingerprint density at radius 1 is 1.15 bits per heavy atom. The van der Waals surface area contributed by atoms with Crippen molar-refractivity contribution in [3.8, 4) is 0 Å². The second kappa shape index (κ2) is 7.27. The molecule has 1 aromatic carbocycles. The van der Waals surface area contributed by atoms with E-state index in [1.54, 1.807) is 0 Å². The Balaban J connectivity index is 1.65. The Kier molecular flexibility index (Phi) is 5.06. The predicted octanol–water partition coefficient (Wildman–Crippen LogP) is 1.58. The van der Waals surface area contributed by atoms with Crippen molar-refractivity contribution in [3.05, 3.63) is 29.8 Å². The third kappa shape index (κ3) is 3.47. The topological polar surface area (TPSA) is 89.9 Å². The lowest BCUT2D eigenvalue weighted by Crippen LogP contribution is -2.51. The Morgan fingerprint density at radius 3 is 2.50 bits per heavy atom. The summed E-state index contributed by atoms with van der Waals surface area (Å²) >= 11 is 0. The van der Waals surface area contributed by atoms with Crippen LogP contribution in [0.25, 0.3) is 0 Å². The Labute approximate surface area is 148 Å². The number of hydrogen-bond donors (Lipinski definition) is 2. The van der Waals surface area contributed by atoms with Crippen molar-refractivity contribution in [2.45, 2.75) is 25.3 Å². The third-order valence-corrected chi connectivity index (χ3v) is 4.77. The zero-order valence-corrected chi connectivity index (χ0v) is 14.0. The number of nitrogens with zero attached hydrogens (tertiary/aromatic N) is 2. The first-order valence-electron chi connectivity index (χ1n) is 8.42. The summed E-state index contributed by atoms with van der Waals surface area (Å²) in [7, 11) is 0. The van der Waals surface area contributed by atoms with Gasteiger partial charge in [-0.05, 0) is 31.4 Å². The number of piperidine rings is 1. The number of nitrogens with one attached hydrogen (secondary N) is 1. The molecule has 3 rings (SSSR count). The summed E-state index contributed by atoms with van der Waals surface area (Å²) in [5.74, 6) is -3.86. The van der Waals surface area contributed by atoms with Crippen LogP contribution in [0.2, 0.25) is 0 Å². The van der Waals surface area contributed by atoms with Crippen LogP contribution in [0.15, 0.2) is 18.2 Å². The molecule has 2 saturated heterocycles. The van der Waals surface area contributed by atoms with Crippen molar-refractivity contribution >= 4 is 23.6 Å². The van der Waals surface area contributed by atoms with Gasteiger partial charge >= 0.3 is 12.0 Å². The van der Waals surface area contributed by atoms with Crippen LogP contribution in [0.5, 0.6) is 0 Å². The Hall–Kier alpha value is -2.71. The number of amides is 3. The van der Waals surface area contributed by atoms with Crippen molar-refractivity contribution in [1.29, 1.82) is 0 Å². The van der Waals surface area contributed by atoms with E-state index >= 15 is 0 Å². The number of carbonyl (C=O) groups excluding carboxylic acids is 2. The molecule has 2 aliphatic heterocycles. The van der Waals surface area contributed by atoms with Gasteiger partial charge in [-0.1, -0.05) is 6.07 Å². The number of halogens is 2. The quantitative estimate of drug-likeness (QED) is 0.849. The lowest BCUT2D eigenvalue weighted by Gasteiger charge is -2.31. The van der Waals surface area contributed by atoms with Gasteiger partial charge in [0, 0.05) is 19.6 Å². The van der Waals surface area contributed by atoms with Crippen molar-refractivity contribution in [2.75, 3.05) is 24.5 Å². The summed E-state index contributed by atoms with van der Waals surface area (Å²) in [6.07, 6.45) is 1.28. The van der Waals surface area contributed by atoms with E-state index < -0.39 is 47.2 Å². The van der Waals surface area contributed by atoms with Gasteiger partial charge in [-0.15, -0.1) is 0 Å². The fourth-order valence-electron chi connectivity index (χ4n) is 3.39. The Bertz CT molecular complexity index is 722. The summed E-state index contributed by atoms with van der Waals surface area (Å²) < 4.78 is 27.8. The van der Waals surface area contributed by atoms with Crippen LogP contribution >= 0.6 is 0 Å². The number of carboxylic acid groups (broad SMARTS) is 1. The number of anilines is 1. The van der Waals surface area contributed by atoms with Crippen LogP contribution in [0.3, 0.4) is 0 Å². The van der Waals surface area contributed by atoms with E-state index in [1.807, 2.05) is 0 Å². The normalized spacial score (nSPS) is 23.2. The van der Waals surface area contributed by atoms with E-state index in [0.29, 0.717) is 19.4 Å². The molecule has 3 amide bonds. The van der Waals surface area contributed by atoms with Gasteiger partial charge in [-0.3, -0.25) is 9.59 Å². The summed E-state index contributed by atoms with van der Waals surface area (Å²) in [4.78, 5) is 38.3. The largest absolute Gasteiger partial charge is 0.481 e. The number of para-hydroxylation sites is 1. The lowest BCUT2D eigenvalue weighted by atomic mass is 9.99. The molecule has 2 atom stereocenters.